The van der Waals surface area contributed by atoms with Crippen molar-refractivity contribution in [2.45, 2.75) is 25.9 Å². The van der Waals surface area contributed by atoms with E-state index in [9.17, 15) is 0 Å². The van der Waals surface area contributed by atoms with Gasteiger partial charge in [0.15, 0.2) is 0 Å². The fraction of sp³-hybridized carbons (Fsp3) is 0.636. The van der Waals surface area contributed by atoms with Gasteiger partial charge in [-0.05, 0) is 35.7 Å². The summed E-state index contributed by atoms with van der Waals surface area (Å²) in [6, 6.07) is 0. The monoisotopic (exact) mass is 319 g/mol. The number of ether oxygens (including phenoxy) is 1. The van der Waals surface area contributed by atoms with Crippen LogP contribution >= 0.6 is 27.5 Å². The summed E-state index contributed by atoms with van der Waals surface area (Å²) in [5.74, 6) is 0.875. The van der Waals surface area contributed by atoms with Crippen molar-refractivity contribution in [3.8, 4) is 0 Å². The standard InChI is InChI=1S/C11H15BrClN3O/c1-2-17-8-3-5-16(6-4-8)11-9(12)10(13)14-7-15-11/h7-8H,2-6H2,1H3. The lowest BCUT2D eigenvalue weighted by Crippen LogP contribution is -2.37. The predicted octanol–water partition coefficient (Wildman–Crippen LogP) is 2.90. The number of halogens is 2. The van der Waals surface area contributed by atoms with E-state index < -0.39 is 0 Å². The molecule has 1 aromatic heterocycles. The Labute approximate surface area is 114 Å². The third kappa shape index (κ3) is 3.09. The highest BCUT2D eigenvalue weighted by molar-refractivity contribution is 9.10. The maximum absolute atomic E-state index is 5.96. The van der Waals surface area contributed by atoms with E-state index >= 15 is 0 Å². The van der Waals surface area contributed by atoms with E-state index in [4.69, 9.17) is 16.3 Å². The zero-order valence-corrected chi connectivity index (χ0v) is 12.0. The van der Waals surface area contributed by atoms with Gasteiger partial charge in [-0.15, -0.1) is 0 Å². The quantitative estimate of drug-likeness (QED) is 0.803. The van der Waals surface area contributed by atoms with Crippen LogP contribution in [0.25, 0.3) is 0 Å². The third-order valence-electron chi connectivity index (χ3n) is 2.87. The fourth-order valence-electron chi connectivity index (χ4n) is 2.03. The minimum atomic E-state index is 0.382. The molecule has 0 unspecified atom stereocenters. The van der Waals surface area contributed by atoms with E-state index in [-0.39, 0.29) is 0 Å². The largest absolute Gasteiger partial charge is 0.378 e. The topological polar surface area (TPSA) is 38.2 Å². The van der Waals surface area contributed by atoms with Crippen LogP contribution in [0, 0.1) is 0 Å². The van der Waals surface area contributed by atoms with Crippen molar-refractivity contribution in [1.82, 2.24) is 9.97 Å². The highest BCUT2D eigenvalue weighted by Crippen LogP contribution is 2.30. The average molecular weight is 321 g/mol. The van der Waals surface area contributed by atoms with Crippen LogP contribution in [0.2, 0.25) is 5.15 Å². The van der Waals surface area contributed by atoms with Gasteiger partial charge in [-0.1, -0.05) is 11.6 Å². The Hall–Kier alpha value is -0.390. The second-order valence-electron chi connectivity index (χ2n) is 3.94. The summed E-state index contributed by atoms with van der Waals surface area (Å²) in [6.07, 6.45) is 3.94. The highest BCUT2D eigenvalue weighted by atomic mass is 79.9. The minimum absolute atomic E-state index is 0.382. The van der Waals surface area contributed by atoms with Crippen LogP contribution in [0.3, 0.4) is 0 Å². The molecule has 0 saturated carbocycles. The van der Waals surface area contributed by atoms with Crippen molar-refractivity contribution in [3.05, 3.63) is 16.0 Å². The van der Waals surface area contributed by atoms with Gasteiger partial charge in [-0.2, -0.15) is 0 Å². The van der Waals surface area contributed by atoms with E-state index in [1.165, 1.54) is 6.33 Å². The molecule has 1 aromatic rings. The van der Waals surface area contributed by atoms with Crippen molar-refractivity contribution in [1.29, 1.82) is 0 Å². The first-order valence-corrected chi connectivity index (χ1v) is 6.92. The minimum Gasteiger partial charge on any atom is -0.378 e. The van der Waals surface area contributed by atoms with Gasteiger partial charge < -0.3 is 9.64 Å². The van der Waals surface area contributed by atoms with Crippen molar-refractivity contribution < 1.29 is 4.74 Å². The van der Waals surface area contributed by atoms with Gasteiger partial charge in [0.1, 0.15) is 17.3 Å². The molecule has 1 saturated heterocycles. The van der Waals surface area contributed by atoms with E-state index in [0.717, 1.165) is 42.8 Å². The van der Waals surface area contributed by atoms with Crippen LogP contribution < -0.4 is 4.90 Å². The van der Waals surface area contributed by atoms with E-state index in [1.807, 2.05) is 6.92 Å². The van der Waals surface area contributed by atoms with Gasteiger partial charge in [0.05, 0.1) is 10.6 Å². The lowest BCUT2D eigenvalue weighted by Gasteiger charge is -2.32. The average Bonchev–Trinajstić information content (AvgIpc) is 2.34. The molecule has 94 valence electrons. The number of nitrogens with zero attached hydrogens (tertiary/aromatic N) is 3. The Morgan fingerprint density at radius 1 is 1.47 bits per heavy atom. The van der Waals surface area contributed by atoms with Crippen molar-refractivity contribution in [2.24, 2.45) is 0 Å². The van der Waals surface area contributed by atoms with Crippen LogP contribution in [0.15, 0.2) is 10.8 Å². The zero-order valence-electron chi connectivity index (χ0n) is 9.70. The molecule has 0 amide bonds. The van der Waals surface area contributed by atoms with Crippen LogP contribution in [0.1, 0.15) is 19.8 Å². The summed E-state index contributed by atoms with van der Waals surface area (Å²) in [5, 5.41) is 0.460. The molecular formula is C11H15BrClN3O. The van der Waals surface area contributed by atoms with E-state index in [2.05, 4.69) is 30.8 Å². The first-order valence-electron chi connectivity index (χ1n) is 5.75. The Morgan fingerprint density at radius 2 is 2.18 bits per heavy atom. The van der Waals surface area contributed by atoms with Crippen molar-refractivity contribution >= 4 is 33.3 Å². The summed E-state index contributed by atoms with van der Waals surface area (Å²) in [4.78, 5) is 10.4. The molecule has 4 nitrogen and oxygen atoms in total. The second-order valence-corrected chi connectivity index (χ2v) is 5.09. The molecule has 1 aliphatic rings. The SMILES string of the molecule is CCOC1CCN(c2ncnc(Cl)c2Br)CC1. The Bertz CT molecular complexity index is 383. The molecule has 2 heterocycles. The van der Waals surface area contributed by atoms with Gasteiger partial charge in [-0.3, -0.25) is 0 Å². The number of rotatable bonds is 3. The summed E-state index contributed by atoms with van der Waals surface area (Å²) in [6.45, 7) is 4.70. The van der Waals surface area contributed by atoms with Gasteiger partial charge in [0.25, 0.3) is 0 Å². The maximum atomic E-state index is 5.96. The third-order valence-corrected chi connectivity index (χ3v) is 4.12. The zero-order chi connectivity index (χ0) is 12.3. The summed E-state index contributed by atoms with van der Waals surface area (Å²) in [5.41, 5.74) is 0. The number of aromatic nitrogens is 2. The van der Waals surface area contributed by atoms with Gasteiger partial charge in [0.2, 0.25) is 0 Å². The summed E-state index contributed by atoms with van der Waals surface area (Å²) in [7, 11) is 0. The van der Waals surface area contributed by atoms with Crippen molar-refractivity contribution in [2.75, 3.05) is 24.6 Å². The van der Waals surface area contributed by atoms with Gasteiger partial charge >= 0.3 is 0 Å². The molecular weight excluding hydrogens is 305 g/mol. The Balaban J connectivity index is 2.03. The normalized spacial score (nSPS) is 17.5. The maximum Gasteiger partial charge on any atom is 0.148 e. The Kier molecular flexibility index (Phi) is 4.59. The molecule has 17 heavy (non-hydrogen) atoms. The van der Waals surface area contributed by atoms with Crippen LogP contribution in [-0.4, -0.2) is 35.8 Å². The lowest BCUT2D eigenvalue weighted by atomic mass is 10.1. The second kappa shape index (κ2) is 5.98. The molecule has 0 spiro atoms. The molecule has 0 atom stereocenters. The molecule has 0 N–H and O–H groups in total. The van der Waals surface area contributed by atoms with Crippen LogP contribution in [-0.2, 0) is 4.74 Å². The molecule has 0 aliphatic carbocycles. The first kappa shape index (κ1) is 13.1. The first-order chi connectivity index (χ1) is 8.22. The molecule has 1 fully saturated rings. The highest BCUT2D eigenvalue weighted by Gasteiger charge is 2.22. The lowest BCUT2D eigenvalue weighted by molar-refractivity contribution is 0.0458. The van der Waals surface area contributed by atoms with Gasteiger partial charge in [0, 0.05) is 19.7 Å². The summed E-state index contributed by atoms with van der Waals surface area (Å²) >= 11 is 9.39. The fourth-order valence-corrected chi connectivity index (χ4v) is 2.61. The van der Waals surface area contributed by atoms with Gasteiger partial charge in [-0.25, -0.2) is 9.97 Å². The smallest absolute Gasteiger partial charge is 0.148 e. The molecule has 0 radical (unpaired) electrons. The molecule has 0 aromatic carbocycles. The predicted molar refractivity (Wildman–Crippen MR) is 71.6 cm³/mol. The number of hydrogen-bond donors (Lipinski definition) is 0. The number of piperidine rings is 1. The van der Waals surface area contributed by atoms with E-state index in [1.54, 1.807) is 0 Å². The van der Waals surface area contributed by atoms with Crippen molar-refractivity contribution in [3.63, 3.8) is 0 Å². The molecule has 1 aliphatic heterocycles. The van der Waals surface area contributed by atoms with Crippen LogP contribution in [0.5, 0.6) is 0 Å². The number of anilines is 1. The summed E-state index contributed by atoms with van der Waals surface area (Å²) < 4.78 is 6.40. The molecule has 0 bridgehead atoms. The molecule has 2 rings (SSSR count). The van der Waals surface area contributed by atoms with Crippen LogP contribution in [0.4, 0.5) is 5.82 Å². The molecule has 6 heteroatoms. The Morgan fingerprint density at radius 3 is 2.82 bits per heavy atom. The number of hydrogen-bond acceptors (Lipinski definition) is 4. The van der Waals surface area contributed by atoms with E-state index in [0.29, 0.717) is 11.3 Å².